The van der Waals surface area contributed by atoms with Crippen molar-refractivity contribution < 1.29 is 9.53 Å². The molecular weight excluding hydrogens is 318 g/mol. The molecule has 1 aromatic carbocycles. The number of amides is 1. The smallest absolute Gasteiger partial charge is 0.254 e. The summed E-state index contributed by atoms with van der Waals surface area (Å²) in [4.78, 5) is 14.1. The van der Waals surface area contributed by atoms with Crippen molar-refractivity contribution in [2.75, 3.05) is 32.7 Å². The molecule has 5 heteroatoms. The second kappa shape index (κ2) is 7.77. The van der Waals surface area contributed by atoms with Gasteiger partial charge in [0.15, 0.2) is 0 Å². The third kappa shape index (κ3) is 3.97. The second-order valence-corrected chi connectivity index (χ2v) is 5.12. The minimum absolute atomic E-state index is 0.00787. The Labute approximate surface area is 121 Å². The molecule has 0 aliphatic rings. The van der Waals surface area contributed by atoms with Crippen LogP contribution in [0.5, 0.6) is 0 Å². The monoisotopic (exact) mass is 333 g/mol. The number of nitrogens with zero attached hydrogens (tertiary/aromatic N) is 1. The van der Waals surface area contributed by atoms with Crippen LogP contribution in [-0.4, -0.2) is 43.5 Å². The molecule has 0 aromatic heterocycles. The van der Waals surface area contributed by atoms with Crippen LogP contribution in [0.2, 0.25) is 0 Å². The lowest BCUT2D eigenvalue weighted by Crippen LogP contribution is -2.35. The molecule has 0 aliphatic heterocycles. The molecule has 0 atom stereocenters. The maximum absolute atomic E-state index is 12.4. The van der Waals surface area contributed by atoms with Crippen molar-refractivity contribution in [1.29, 1.82) is 0 Å². The minimum atomic E-state index is -0.00787. The number of methoxy groups -OCH3 is 1. The molecule has 1 rings (SSSR count). The Morgan fingerprint density at radius 2 is 2.17 bits per heavy atom. The Morgan fingerprint density at radius 1 is 1.44 bits per heavy atom. The van der Waals surface area contributed by atoms with Crippen molar-refractivity contribution in [2.45, 2.75) is 6.92 Å². The van der Waals surface area contributed by atoms with Gasteiger partial charge in [-0.15, -0.1) is 11.6 Å². The maximum atomic E-state index is 12.4. The largest absolute Gasteiger partial charge is 0.383 e. The third-order valence-corrected chi connectivity index (χ3v) is 3.73. The average molecular weight is 335 g/mol. The molecule has 0 radical (unpaired) electrons. The molecule has 1 aromatic rings. The Balaban J connectivity index is 2.90. The molecule has 0 aliphatic carbocycles. The Bertz CT molecular complexity index is 412. The van der Waals surface area contributed by atoms with Gasteiger partial charge in [0.1, 0.15) is 0 Å². The lowest BCUT2D eigenvalue weighted by atomic mass is 10.1. The SMILES string of the molecule is COCCN(CCCl)C(=O)c1cccc(Br)c1C. The Morgan fingerprint density at radius 3 is 2.78 bits per heavy atom. The van der Waals surface area contributed by atoms with Crippen LogP contribution in [0.1, 0.15) is 15.9 Å². The lowest BCUT2D eigenvalue weighted by molar-refractivity contribution is 0.0707. The quantitative estimate of drug-likeness (QED) is 0.748. The van der Waals surface area contributed by atoms with Crippen LogP contribution >= 0.6 is 27.5 Å². The van der Waals surface area contributed by atoms with E-state index in [0.29, 0.717) is 31.1 Å². The first kappa shape index (κ1) is 15.5. The summed E-state index contributed by atoms with van der Waals surface area (Å²) in [6.07, 6.45) is 0. The molecule has 1 amide bonds. The molecule has 3 nitrogen and oxygen atoms in total. The van der Waals surface area contributed by atoms with Crippen LogP contribution in [0.15, 0.2) is 22.7 Å². The van der Waals surface area contributed by atoms with Crippen molar-refractivity contribution >= 4 is 33.4 Å². The summed E-state index contributed by atoms with van der Waals surface area (Å²) in [6, 6.07) is 5.61. The second-order valence-electron chi connectivity index (χ2n) is 3.89. The average Bonchev–Trinajstić information content (AvgIpc) is 2.37. The maximum Gasteiger partial charge on any atom is 0.254 e. The van der Waals surface area contributed by atoms with E-state index in [1.54, 1.807) is 12.0 Å². The molecule has 0 saturated heterocycles. The van der Waals surface area contributed by atoms with Crippen LogP contribution in [0, 0.1) is 6.92 Å². The highest BCUT2D eigenvalue weighted by Crippen LogP contribution is 2.20. The number of benzene rings is 1. The van der Waals surface area contributed by atoms with E-state index in [2.05, 4.69) is 15.9 Å². The highest BCUT2D eigenvalue weighted by Gasteiger charge is 2.17. The minimum Gasteiger partial charge on any atom is -0.383 e. The molecule has 18 heavy (non-hydrogen) atoms. The van der Waals surface area contributed by atoms with E-state index in [4.69, 9.17) is 16.3 Å². The molecule has 100 valence electrons. The summed E-state index contributed by atoms with van der Waals surface area (Å²) in [5, 5.41) is 0. The molecule has 0 heterocycles. The number of hydrogen-bond acceptors (Lipinski definition) is 2. The van der Waals surface area contributed by atoms with E-state index in [0.717, 1.165) is 10.0 Å². The summed E-state index contributed by atoms with van der Waals surface area (Å²) < 4.78 is 5.95. The van der Waals surface area contributed by atoms with Crippen molar-refractivity contribution in [3.05, 3.63) is 33.8 Å². The van der Waals surface area contributed by atoms with E-state index in [1.165, 1.54) is 0 Å². The van der Waals surface area contributed by atoms with Gasteiger partial charge < -0.3 is 9.64 Å². The van der Waals surface area contributed by atoms with Crippen LogP contribution < -0.4 is 0 Å². The predicted octanol–water partition coefficient (Wildman–Crippen LogP) is 3.08. The lowest BCUT2D eigenvalue weighted by Gasteiger charge is -2.22. The van der Waals surface area contributed by atoms with Crippen molar-refractivity contribution in [1.82, 2.24) is 4.90 Å². The summed E-state index contributed by atoms with van der Waals surface area (Å²) in [5.74, 6) is 0.411. The summed E-state index contributed by atoms with van der Waals surface area (Å²) in [6.45, 7) is 3.51. The van der Waals surface area contributed by atoms with E-state index in [-0.39, 0.29) is 5.91 Å². The van der Waals surface area contributed by atoms with Crippen molar-refractivity contribution in [3.8, 4) is 0 Å². The van der Waals surface area contributed by atoms with Crippen LogP contribution in [0.4, 0.5) is 0 Å². The fourth-order valence-electron chi connectivity index (χ4n) is 1.63. The third-order valence-electron chi connectivity index (χ3n) is 2.71. The Kier molecular flexibility index (Phi) is 6.68. The van der Waals surface area contributed by atoms with Gasteiger partial charge in [0.25, 0.3) is 5.91 Å². The molecule has 0 N–H and O–H groups in total. The fraction of sp³-hybridized carbons (Fsp3) is 0.462. The zero-order valence-electron chi connectivity index (χ0n) is 10.6. The van der Waals surface area contributed by atoms with Gasteiger partial charge in [-0.1, -0.05) is 22.0 Å². The summed E-state index contributed by atoms with van der Waals surface area (Å²) in [7, 11) is 1.62. The van der Waals surface area contributed by atoms with Crippen molar-refractivity contribution in [2.24, 2.45) is 0 Å². The number of rotatable bonds is 6. The van der Waals surface area contributed by atoms with E-state index >= 15 is 0 Å². The molecule has 0 unspecified atom stereocenters. The fourth-order valence-corrected chi connectivity index (χ4v) is 2.20. The van der Waals surface area contributed by atoms with Gasteiger partial charge in [-0.05, 0) is 24.6 Å². The summed E-state index contributed by atoms with van der Waals surface area (Å²) in [5.41, 5.74) is 1.64. The number of ether oxygens (including phenoxy) is 1. The van der Waals surface area contributed by atoms with Gasteiger partial charge in [-0.3, -0.25) is 4.79 Å². The zero-order chi connectivity index (χ0) is 13.5. The van der Waals surface area contributed by atoms with E-state index in [1.807, 2.05) is 25.1 Å². The number of carbonyl (C=O) groups is 1. The van der Waals surface area contributed by atoms with Gasteiger partial charge >= 0.3 is 0 Å². The number of halogens is 2. The number of alkyl halides is 1. The predicted molar refractivity (Wildman–Crippen MR) is 77.4 cm³/mol. The first-order valence-corrected chi connectivity index (χ1v) is 7.03. The van der Waals surface area contributed by atoms with Crippen LogP contribution in [-0.2, 0) is 4.74 Å². The standard InChI is InChI=1S/C13H17BrClNO2/c1-10-11(4-3-5-12(10)14)13(17)16(7-6-15)8-9-18-2/h3-5H,6-9H2,1-2H3. The first-order valence-electron chi connectivity index (χ1n) is 5.71. The van der Waals surface area contributed by atoms with E-state index in [9.17, 15) is 4.79 Å². The normalized spacial score (nSPS) is 10.4. The van der Waals surface area contributed by atoms with Crippen LogP contribution in [0.25, 0.3) is 0 Å². The topological polar surface area (TPSA) is 29.5 Å². The molecule has 0 spiro atoms. The van der Waals surface area contributed by atoms with Crippen molar-refractivity contribution in [3.63, 3.8) is 0 Å². The van der Waals surface area contributed by atoms with Gasteiger partial charge in [0, 0.05) is 36.1 Å². The molecule has 0 fully saturated rings. The number of carbonyl (C=O) groups excluding carboxylic acids is 1. The molecular formula is C13H17BrClNO2. The zero-order valence-corrected chi connectivity index (χ0v) is 12.9. The van der Waals surface area contributed by atoms with Gasteiger partial charge in [0.2, 0.25) is 0 Å². The highest BCUT2D eigenvalue weighted by molar-refractivity contribution is 9.10. The summed E-state index contributed by atoms with van der Waals surface area (Å²) >= 11 is 9.17. The van der Waals surface area contributed by atoms with Gasteiger partial charge in [0.05, 0.1) is 6.61 Å². The molecule has 0 bridgehead atoms. The molecule has 0 saturated carbocycles. The number of hydrogen-bond donors (Lipinski definition) is 0. The van der Waals surface area contributed by atoms with Crippen LogP contribution in [0.3, 0.4) is 0 Å². The Hall–Kier alpha value is -0.580. The first-order chi connectivity index (χ1) is 8.61. The highest BCUT2D eigenvalue weighted by atomic mass is 79.9. The van der Waals surface area contributed by atoms with E-state index < -0.39 is 0 Å². The van der Waals surface area contributed by atoms with Gasteiger partial charge in [-0.2, -0.15) is 0 Å². The van der Waals surface area contributed by atoms with Gasteiger partial charge in [-0.25, -0.2) is 0 Å².